The summed E-state index contributed by atoms with van der Waals surface area (Å²) in [6.07, 6.45) is 4.43. The number of ketones is 1. The monoisotopic (exact) mass is 404 g/mol. The summed E-state index contributed by atoms with van der Waals surface area (Å²) in [7, 11) is 0. The predicted molar refractivity (Wildman–Crippen MR) is 113 cm³/mol. The molecule has 1 N–H and O–H groups in total. The van der Waals surface area contributed by atoms with Crippen LogP contribution in [-0.2, 0) is 0 Å². The topological polar surface area (TPSA) is 96.2 Å². The Labute approximate surface area is 174 Å². The fourth-order valence-corrected chi connectivity index (χ4v) is 4.53. The molecule has 30 heavy (non-hydrogen) atoms. The van der Waals surface area contributed by atoms with Gasteiger partial charge in [0.2, 0.25) is 11.7 Å². The van der Waals surface area contributed by atoms with Gasteiger partial charge in [0.05, 0.1) is 5.56 Å². The summed E-state index contributed by atoms with van der Waals surface area (Å²) in [6.45, 7) is 5.26. The number of fused-ring (bicyclic) bond motifs is 1. The minimum Gasteiger partial charge on any atom is -0.494 e. The van der Waals surface area contributed by atoms with E-state index in [9.17, 15) is 20.0 Å². The van der Waals surface area contributed by atoms with E-state index in [2.05, 4.69) is 0 Å². The van der Waals surface area contributed by atoms with Crippen molar-refractivity contribution in [2.24, 2.45) is 0 Å². The van der Waals surface area contributed by atoms with Crippen LogP contribution in [0.5, 0.6) is 5.88 Å². The molecule has 3 aromatic rings. The summed E-state index contributed by atoms with van der Waals surface area (Å²) >= 11 is 0. The molecule has 2 heterocycles. The highest BCUT2D eigenvalue weighted by molar-refractivity contribution is 6.12. The van der Waals surface area contributed by atoms with Crippen LogP contribution < -0.4 is 5.56 Å². The summed E-state index contributed by atoms with van der Waals surface area (Å²) in [5.74, 6) is -0.770. The highest BCUT2D eigenvalue weighted by Gasteiger charge is 2.31. The Kier molecular flexibility index (Phi) is 4.98. The third-order valence-corrected chi connectivity index (χ3v) is 6.21. The fraction of sp³-hybridized carbons (Fsp3) is 0.375. The van der Waals surface area contributed by atoms with Gasteiger partial charge in [0.1, 0.15) is 17.2 Å². The van der Waals surface area contributed by atoms with E-state index < -0.39 is 11.3 Å². The van der Waals surface area contributed by atoms with Crippen molar-refractivity contribution in [3.63, 3.8) is 0 Å². The van der Waals surface area contributed by atoms with Crippen LogP contribution in [0.3, 0.4) is 0 Å². The summed E-state index contributed by atoms with van der Waals surface area (Å²) in [4.78, 5) is 26.4. The van der Waals surface area contributed by atoms with Crippen molar-refractivity contribution in [3.8, 4) is 11.9 Å². The quantitative estimate of drug-likeness (QED) is 0.631. The van der Waals surface area contributed by atoms with Crippen LogP contribution in [0.15, 0.2) is 27.4 Å². The second-order valence-corrected chi connectivity index (χ2v) is 8.16. The second-order valence-electron chi connectivity index (χ2n) is 8.16. The maximum absolute atomic E-state index is 13.5. The molecular formula is C24H24N2O4. The molecule has 0 unspecified atom stereocenters. The Morgan fingerprint density at radius 1 is 1.17 bits per heavy atom. The van der Waals surface area contributed by atoms with Crippen LogP contribution in [-0.4, -0.2) is 15.5 Å². The number of hydrogen-bond acceptors (Lipinski definition) is 5. The molecule has 1 aromatic carbocycles. The molecular weight excluding hydrogens is 380 g/mol. The Hall–Kier alpha value is -3.33. The van der Waals surface area contributed by atoms with E-state index >= 15 is 0 Å². The lowest BCUT2D eigenvalue weighted by Gasteiger charge is -2.26. The maximum Gasteiger partial charge on any atom is 0.271 e. The molecule has 0 radical (unpaired) electrons. The molecule has 1 fully saturated rings. The van der Waals surface area contributed by atoms with Gasteiger partial charge in [0.25, 0.3) is 5.56 Å². The van der Waals surface area contributed by atoms with Gasteiger partial charge in [-0.2, -0.15) is 5.26 Å². The number of rotatable bonds is 3. The van der Waals surface area contributed by atoms with Crippen molar-refractivity contribution in [1.82, 2.24) is 4.57 Å². The highest BCUT2D eigenvalue weighted by Crippen LogP contribution is 2.35. The fourth-order valence-electron chi connectivity index (χ4n) is 4.53. The van der Waals surface area contributed by atoms with Crippen molar-refractivity contribution in [2.45, 2.75) is 58.9 Å². The lowest BCUT2D eigenvalue weighted by Crippen LogP contribution is -2.31. The molecule has 4 rings (SSSR count). The van der Waals surface area contributed by atoms with E-state index in [4.69, 9.17) is 4.42 Å². The number of furan rings is 1. The van der Waals surface area contributed by atoms with E-state index in [1.165, 1.54) is 11.5 Å². The van der Waals surface area contributed by atoms with Crippen LogP contribution in [0.4, 0.5) is 0 Å². The molecule has 0 saturated heterocycles. The number of pyridine rings is 1. The zero-order valence-electron chi connectivity index (χ0n) is 17.4. The molecule has 0 atom stereocenters. The SMILES string of the molecule is Cc1ccc2c(C)c(C(=O)c3c(C)c(C#N)c(=O)n(C4CCCCC4)c3O)oc2c1. The van der Waals surface area contributed by atoms with Gasteiger partial charge in [-0.3, -0.25) is 14.2 Å². The van der Waals surface area contributed by atoms with Crippen LogP contribution in [0.25, 0.3) is 11.0 Å². The van der Waals surface area contributed by atoms with E-state index in [1.54, 1.807) is 6.92 Å². The number of aromatic nitrogens is 1. The molecule has 154 valence electrons. The molecule has 1 saturated carbocycles. The van der Waals surface area contributed by atoms with Crippen molar-refractivity contribution in [1.29, 1.82) is 5.26 Å². The average molecular weight is 404 g/mol. The Balaban J connectivity index is 1.94. The third kappa shape index (κ3) is 3.02. The zero-order valence-corrected chi connectivity index (χ0v) is 17.4. The molecule has 0 spiro atoms. The number of aromatic hydroxyl groups is 1. The molecule has 0 bridgehead atoms. The van der Waals surface area contributed by atoms with Crippen molar-refractivity contribution in [3.05, 3.63) is 62.1 Å². The molecule has 0 amide bonds. The Morgan fingerprint density at radius 2 is 1.87 bits per heavy atom. The largest absolute Gasteiger partial charge is 0.494 e. The number of carbonyl (C=O) groups is 1. The zero-order chi connectivity index (χ0) is 21.6. The van der Waals surface area contributed by atoms with Crippen molar-refractivity contribution >= 4 is 16.8 Å². The number of carbonyl (C=O) groups excluding carboxylic acids is 1. The van der Waals surface area contributed by atoms with Gasteiger partial charge in [-0.25, -0.2) is 0 Å². The van der Waals surface area contributed by atoms with E-state index in [-0.39, 0.29) is 34.4 Å². The van der Waals surface area contributed by atoms with Crippen LogP contribution >= 0.6 is 0 Å². The van der Waals surface area contributed by atoms with Crippen molar-refractivity contribution in [2.75, 3.05) is 0 Å². The van der Waals surface area contributed by atoms with E-state index in [0.717, 1.165) is 43.1 Å². The van der Waals surface area contributed by atoms with Gasteiger partial charge in [-0.1, -0.05) is 31.4 Å². The summed E-state index contributed by atoms with van der Waals surface area (Å²) in [5.41, 5.74) is 1.78. The lowest BCUT2D eigenvalue weighted by molar-refractivity contribution is 0.100. The molecule has 1 aliphatic carbocycles. The summed E-state index contributed by atoms with van der Waals surface area (Å²) in [5, 5.41) is 21.5. The number of benzene rings is 1. The summed E-state index contributed by atoms with van der Waals surface area (Å²) < 4.78 is 7.11. The third-order valence-electron chi connectivity index (χ3n) is 6.21. The van der Waals surface area contributed by atoms with Crippen LogP contribution in [0, 0.1) is 32.1 Å². The number of nitrogens with zero attached hydrogens (tertiary/aromatic N) is 2. The molecule has 2 aromatic heterocycles. The van der Waals surface area contributed by atoms with Gasteiger partial charge in [0, 0.05) is 17.0 Å². The molecule has 1 aliphatic rings. The average Bonchev–Trinajstić information content (AvgIpc) is 3.04. The first-order valence-corrected chi connectivity index (χ1v) is 10.3. The predicted octanol–water partition coefficient (Wildman–Crippen LogP) is 4.83. The standard InChI is InChI=1S/C24H24N2O4/c1-13-9-10-17-15(3)22(30-19(17)11-13)21(27)20-14(2)18(12-25)23(28)26(24(20)29)16-7-5-4-6-8-16/h9-11,16,29H,4-8H2,1-3H3. The van der Waals surface area contributed by atoms with Gasteiger partial charge < -0.3 is 9.52 Å². The second kappa shape index (κ2) is 7.49. The minimum absolute atomic E-state index is 0.0319. The Morgan fingerprint density at radius 3 is 2.53 bits per heavy atom. The molecule has 0 aliphatic heterocycles. The van der Waals surface area contributed by atoms with Gasteiger partial charge in [-0.15, -0.1) is 0 Å². The highest BCUT2D eigenvalue weighted by atomic mass is 16.3. The van der Waals surface area contributed by atoms with E-state index in [0.29, 0.717) is 11.1 Å². The molecule has 6 heteroatoms. The van der Waals surface area contributed by atoms with Crippen LogP contribution in [0.2, 0.25) is 0 Å². The summed E-state index contributed by atoms with van der Waals surface area (Å²) in [6, 6.07) is 7.42. The Bertz CT molecular complexity index is 1270. The van der Waals surface area contributed by atoms with Crippen LogP contribution in [0.1, 0.15) is 76.5 Å². The maximum atomic E-state index is 13.5. The number of nitriles is 1. The molecule has 6 nitrogen and oxygen atoms in total. The number of hydrogen-bond donors (Lipinski definition) is 1. The first kappa shape index (κ1) is 20.0. The number of aryl methyl sites for hydroxylation is 2. The first-order valence-electron chi connectivity index (χ1n) is 10.3. The lowest BCUT2D eigenvalue weighted by atomic mass is 9.93. The van der Waals surface area contributed by atoms with Crippen molar-refractivity contribution < 1.29 is 14.3 Å². The first-order chi connectivity index (χ1) is 14.3. The van der Waals surface area contributed by atoms with Gasteiger partial charge in [0.15, 0.2) is 5.76 Å². The van der Waals surface area contributed by atoms with Gasteiger partial charge in [-0.05, 0) is 50.8 Å². The normalized spacial score (nSPS) is 14.7. The van der Waals surface area contributed by atoms with Gasteiger partial charge >= 0.3 is 0 Å². The minimum atomic E-state index is -0.534. The smallest absolute Gasteiger partial charge is 0.271 e. The van der Waals surface area contributed by atoms with E-state index in [1.807, 2.05) is 31.2 Å².